The summed E-state index contributed by atoms with van der Waals surface area (Å²) in [6, 6.07) is 4.00. The summed E-state index contributed by atoms with van der Waals surface area (Å²) < 4.78 is 8.06. The lowest BCUT2D eigenvalue weighted by atomic mass is 9.81. The Kier molecular flexibility index (Phi) is 4.62. The lowest BCUT2D eigenvalue weighted by Crippen LogP contribution is -2.39. The molecule has 3 aromatic rings. The molecule has 2 aliphatic rings. The van der Waals surface area contributed by atoms with Gasteiger partial charge >= 0.3 is 0 Å². The van der Waals surface area contributed by atoms with Crippen LogP contribution in [0, 0.1) is 12.3 Å². The zero-order chi connectivity index (χ0) is 19.8. The molecule has 0 amide bonds. The van der Waals surface area contributed by atoms with Crippen LogP contribution in [-0.2, 0) is 6.42 Å². The highest BCUT2D eigenvalue weighted by Crippen LogP contribution is 2.37. The zero-order valence-corrected chi connectivity index (χ0v) is 17.2. The third-order valence-corrected chi connectivity index (χ3v) is 6.26. The van der Waals surface area contributed by atoms with Crippen LogP contribution in [0.1, 0.15) is 37.4 Å². The van der Waals surface area contributed by atoms with Crippen LogP contribution >= 0.6 is 0 Å². The van der Waals surface area contributed by atoms with Crippen molar-refractivity contribution < 1.29 is 4.74 Å². The van der Waals surface area contributed by atoms with E-state index in [9.17, 15) is 0 Å². The Balaban J connectivity index is 1.60. The summed E-state index contributed by atoms with van der Waals surface area (Å²) in [6.45, 7) is 8.20. The number of ether oxygens (including phenoxy) is 1. The van der Waals surface area contributed by atoms with Gasteiger partial charge in [-0.05, 0) is 63.2 Å². The number of nitrogens with one attached hydrogen (secondary N) is 2. The molecule has 5 heterocycles. The van der Waals surface area contributed by atoms with Crippen molar-refractivity contribution in [2.75, 3.05) is 31.6 Å². The topological polar surface area (TPSA) is 76.4 Å². The van der Waals surface area contributed by atoms with Crippen LogP contribution in [0.2, 0.25) is 0 Å². The Labute approximate surface area is 170 Å². The molecular formula is C22H28N6O. The molecule has 0 aromatic carbocycles. The second kappa shape index (κ2) is 7.30. The van der Waals surface area contributed by atoms with Crippen molar-refractivity contribution in [3.05, 3.63) is 35.8 Å². The van der Waals surface area contributed by atoms with E-state index in [0.717, 1.165) is 78.8 Å². The maximum atomic E-state index is 6.11. The van der Waals surface area contributed by atoms with E-state index in [1.54, 1.807) is 12.4 Å². The van der Waals surface area contributed by atoms with E-state index in [1.165, 1.54) is 12.8 Å². The molecule has 0 aliphatic carbocycles. The molecule has 3 aromatic heterocycles. The van der Waals surface area contributed by atoms with E-state index in [1.807, 2.05) is 23.6 Å². The molecule has 5 rings (SSSR count). The van der Waals surface area contributed by atoms with Gasteiger partial charge in [0.05, 0.1) is 18.0 Å². The van der Waals surface area contributed by atoms with Crippen LogP contribution in [0.3, 0.4) is 0 Å². The molecule has 2 N–H and O–H groups in total. The zero-order valence-electron chi connectivity index (χ0n) is 17.2. The quantitative estimate of drug-likeness (QED) is 0.710. The number of nitrogens with zero attached hydrogens (tertiary/aromatic N) is 4. The normalized spacial score (nSPS) is 18.3. The minimum Gasteiger partial charge on any atom is -0.489 e. The molecule has 1 fully saturated rings. The Morgan fingerprint density at radius 2 is 2.03 bits per heavy atom. The summed E-state index contributed by atoms with van der Waals surface area (Å²) in [5.74, 6) is 1.81. The van der Waals surface area contributed by atoms with Gasteiger partial charge in [-0.25, -0.2) is 9.50 Å². The standard InChI is InChI=1S/C22H28N6O/c1-15-18(16-5-9-23-10-6-16)28-21(26-15)19-17(4-3-13-29-19)20(27-28)25-14-22(2)7-11-24-12-8-22/h5-6,9-10,24H,3-4,7-8,11-14H2,1-2H3,(H,25,27). The molecular weight excluding hydrogens is 364 g/mol. The van der Waals surface area contributed by atoms with Crippen molar-refractivity contribution in [3.8, 4) is 17.0 Å². The lowest BCUT2D eigenvalue weighted by Gasteiger charge is -2.34. The van der Waals surface area contributed by atoms with Crippen LogP contribution in [-0.4, -0.2) is 45.8 Å². The van der Waals surface area contributed by atoms with Crippen LogP contribution in [0.5, 0.6) is 5.75 Å². The fourth-order valence-corrected chi connectivity index (χ4v) is 4.46. The Bertz CT molecular complexity index is 1020. The van der Waals surface area contributed by atoms with Crippen LogP contribution in [0.15, 0.2) is 24.5 Å². The van der Waals surface area contributed by atoms with E-state index in [2.05, 4.69) is 22.5 Å². The third-order valence-electron chi connectivity index (χ3n) is 6.26. The van der Waals surface area contributed by atoms with Gasteiger partial charge in [0.25, 0.3) is 0 Å². The van der Waals surface area contributed by atoms with Crippen molar-refractivity contribution >= 4 is 11.5 Å². The maximum absolute atomic E-state index is 6.11. The molecule has 7 nitrogen and oxygen atoms in total. The van der Waals surface area contributed by atoms with Gasteiger partial charge in [-0.15, -0.1) is 5.10 Å². The number of imidazole rings is 1. The molecule has 0 radical (unpaired) electrons. The maximum Gasteiger partial charge on any atom is 0.197 e. The molecule has 0 saturated carbocycles. The van der Waals surface area contributed by atoms with Gasteiger partial charge in [0.15, 0.2) is 17.2 Å². The van der Waals surface area contributed by atoms with E-state index in [-0.39, 0.29) is 5.41 Å². The number of aryl methyl sites for hydroxylation is 1. The summed E-state index contributed by atoms with van der Waals surface area (Å²) in [7, 11) is 0. The first kappa shape index (κ1) is 18.4. The van der Waals surface area contributed by atoms with Gasteiger partial charge in [-0.1, -0.05) is 6.92 Å². The third kappa shape index (κ3) is 3.33. The molecule has 7 heteroatoms. The summed E-state index contributed by atoms with van der Waals surface area (Å²) in [5, 5.41) is 12.2. The summed E-state index contributed by atoms with van der Waals surface area (Å²) in [4.78, 5) is 8.98. The second-order valence-electron chi connectivity index (χ2n) is 8.54. The van der Waals surface area contributed by atoms with E-state index in [0.29, 0.717) is 0 Å². The molecule has 2 aliphatic heterocycles. The second-order valence-corrected chi connectivity index (χ2v) is 8.54. The van der Waals surface area contributed by atoms with E-state index in [4.69, 9.17) is 14.8 Å². The van der Waals surface area contributed by atoms with Gasteiger partial charge < -0.3 is 15.4 Å². The predicted octanol–water partition coefficient (Wildman–Crippen LogP) is 3.23. The molecule has 0 unspecified atom stereocenters. The minimum absolute atomic E-state index is 0.281. The number of piperidine rings is 1. The van der Waals surface area contributed by atoms with Crippen molar-refractivity contribution in [1.29, 1.82) is 0 Å². The predicted molar refractivity (Wildman–Crippen MR) is 113 cm³/mol. The molecule has 152 valence electrons. The van der Waals surface area contributed by atoms with E-state index < -0.39 is 0 Å². The highest BCUT2D eigenvalue weighted by molar-refractivity contribution is 5.73. The first-order valence-electron chi connectivity index (χ1n) is 10.5. The van der Waals surface area contributed by atoms with Crippen molar-refractivity contribution in [1.82, 2.24) is 24.9 Å². The molecule has 1 saturated heterocycles. The largest absolute Gasteiger partial charge is 0.489 e. The lowest BCUT2D eigenvalue weighted by molar-refractivity contribution is 0.246. The number of fused-ring (bicyclic) bond motifs is 3. The fraction of sp³-hybridized carbons (Fsp3) is 0.500. The van der Waals surface area contributed by atoms with Crippen molar-refractivity contribution in [2.24, 2.45) is 5.41 Å². The Hall–Kier alpha value is -2.67. The highest BCUT2D eigenvalue weighted by Gasteiger charge is 2.29. The molecule has 29 heavy (non-hydrogen) atoms. The molecule has 0 bridgehead atoms. The summed E-state index contributed by atoms with van der Waals surface area (Å²) in [5.41, 5.74) is 5.25. The Morgan fingerprint density at radius 1 is 1.24 bits per heavy atom. The van der Waals surface area contributed by atoms with Gasteiger partial charge in [0.1, 0.15) is 0 Å². The van der Waals surface area contributed by atoms with Crippen LogP contribution in [0.4, 0.5) is 5.82 Å². The number of aromatic nitrogens is 4. The highest BCUT2D eigenvalue weighted by atomic mass is 16.5. The van der Waals surface area contributed by atoms with Crippen LogP contribution in [0.25, 0.3) is 16.9 Å². The number of hydrogen-bond donors (Lipinski definition) is 2. The SMILES string of the molecule is Cc1nc2c3c(c(NCC4(C)CCNCC4)nn2c1-c1ccncc1)CCCO3. The van der Waals surface area contributed by atoms with E-state index >= 15 is 0 Å². The monoisotopic (exact) mass is 392 g/mol. The van der Waals surface area contributed by atoms with Gasteiger partial charge in [0.2, 0.25) is 0 Å². The minimum atomic E-state index is 0.281. The smallest absolute Gasteiger partial charge is 0.197 e. The number of hydrogen-bond acceptors (Lipinski definition) is 6. The number of pyridine rings is 1. The average molecular weight is 393 g/mol. The van der Waals surface area contributed by atoms with Gasteiger partial charge in [0, 0.05) is 30.1 Å². The molecule has 0 spiro atoms. The first-order valence-corrected chi connectivity index (χ1v) is 10.5. The average Bonchev–Trinajstić information content (AvgIpc) is 3.09. The fourth-order valence-electron chi connectivity index (χ4n) is 4.46. The number of anilines is 1. The van der Waals surface area contributed by atoms with Gasteiger partial charge in [-0.2, -0.15) is 0 Å². The Morgan fingerprint density at radius 3 is 2.83 bits per heavy atom. The van der Waals surface area contributed by atoms with Crippen LogP contribution < -0.4 is 15.4 Å². The number of rotatable bonds is 4. The first-order chi connectivity index (χ1) is 14.1. The van der Waals surface area contributed by atoms with Crippen molar-refractivity contribution in [2.45, 2.75) is 39.5 Å². The van der Waals surface area contributed by atoms with Gasteiger partial charge in [-0.3, -0.25) is 4.98 Å². The summed E-state index contributed by atoms with van der Waals surface area (Å²) >= 11 is 0. The molecule has 0 atom stereocenters. The summed E-state index contributed by atoms with van der Waals surface area (Å²) in [6.07, 6.45) is 7.94. The van der Waals surface area contributed by atoms with Crippen molar-refractivity contribution in [3.63, 3.8) is 0 Å².